The molecule has 0 spiro atoms. The van der Waals surface area contributed by atoms with Gasteiger partial charge in [0.25, 0.3) is 0 Å². The molecule has 0 unspecified atom stereocenters. The van der Waals surface area contributed by atoms with E-state index in [1.165, 1.54) is 53.9 Å². The average Bonchev–Trinajstić information content (AvgIpc) is 3.48. The third-order valence-corrected chi connectivity index (χ3v) is 9.53. The van der Waals surface area contributed by atoms with Crippen LogP contribution in [0.25, 0.3) is 49.5 Å². The molecule has 7 aromatic rings. The third kappa shape index (κ3) is 4.88. The van der Waals surface area contributed by atoms with E-state index in [-0.39, 0.29) is 0 Å². The second kappa shape index (κ2) is 11.4. The number of rotatable bonds is 6. The molecule has 0 radical (unpaired) electrons. The minimum absolute atomic E-state index is 0.905. The van der Waals surface area contributed by atoms with Gasteiger partial charge in [-0.15, -0.1) is 11.3 Å². The fraction of sp³-hybridized carbons (Fsp3) is 0.0244. The van der Waals surface area contributed by atoms with E-state index in [1.807, 2.05) is 11.3 Å². The minimum atomic E-state index is 0.905. The zero-order chi connectivity index (χ0) is 29.3. The first-order valence-electron chi connectivity index (χ1n) is 15.0. The van der Waals surface area contributed by atoms with E-state index in [2.05, 4.69) is 174 Å². The molecule has 0 amide bonds. The maximum atomic E-state index is 3.34. The molecule has 1 N–H and O–H groups in total. The Morgan fingerprint density at radius 3 is 1.80 bits per heavy atom. The fourth-order valence-corrected chi connectivity index (χ4v) is 7.33. The molecule has 1 aromatic heterocycles. The van der Waals surface area contributed by atoms with Crippen LogP contribution in [0.4, 0.5) is 17.1 Å². The highest BCUT2D eigenvalue weighted by Gasteiger charge is 2.18. The van der Waals surface area contributed by atoms with Crippen LogP contribution in [-0.2, 0) is 6.54 Å². The van der Waals surface area contributed by atoms with Crippen molar-refractivity contribution in [2.45, 2.75) is 6.54 Å². The summed E-state index contributed by atoms with van der Waals surface area (Å²) in [6.07, 6.45) is 4.25. The molecule has 1 aliphatic rings. The molecule has 0 atom stereocenters. The predicted molar refractivity (Wildman–Crippen MR) is 189 cm³/mol. The van der Waals surface area contributed by atoms with Crippen molar-refractivity contribution in [3.63, 3.8) is 0 Å². The van der Waals surface area contributed by atoms with Crippen LogP contribution in [0.3, 0.4) is 0 Å². The van der Waals surface area contributed by atoms with Gasteiger partial charge < -0.3 is 10.2 Å². The number of thiophene rings is 1. The Kier molecular flexibility index (Phi) is 6.78. The SMILES string of the molecule is C1=Cc2c(sc3cc(-c4ccc(N(c5ccc(-c6ccccc6)cc5)c5ccccc5-c5ccccc5)cc4)ccc23)CN1. The van der Waals surface area contributed by atoms with Gasteiger partial charge in [0.2, 0.25) is 0 Å². The quantitative estimate of drug-likeness (QED) is 0.210. The zero-order valence-electron chi connectivity index (χ0n) is 24.2. The number of hydrogen-bond acceptors (Lipinski definition) is 3. The fourth-order valence-electron chi connectivity index (χ4n) is 6.15. The lowest BCUT2D eigenvalue weighted by Crippen LogP contribution is -2.11. The van der Waals surface area contributed by atoms with Gasteiger partial charge in [0.1, 0.15) is 0 Å². The number of para-hydroxylation sites is 1. The largest absolute Gasteiger partial charge is 0.386 e. The van der Waals surface area contributed by atoms with E-state index in [0.29, 0.717) is 0 Å². The van der Waals surface area contributed by atoms with E-state index in [4.69, 9.17) is 0 Å². The van der Waals surface area contributed by atoms with Crippen LogP contribution in [0.15, 0.2) is 158 Å². The van der Waals surface area contributed by atoms with Crippen molar-refractivity contribution in [1.29, 1.82) is 0 Å². The molecular formula is C41H30N2S. The van der Waals surface area contributed by atoms with Gasteiger partial charge in [-0.3, -0.25) is 0 Å². The molecule has 6 aromatic carbocycles. The first kappa shape index (κ1) is 26.3. The molecule has 3 heteroatoms. The van der Waals surface area contributed by atoms with Crippen LogP contribution < -0.4 is 10.2 Å². The normalized spacial score (nSPS) is 12.1. The average molecular weight is 583 g/mol. The summed E-state index contributed by atoms with van der Waals surface area (Å²) in [4.78, 5) is 3.78. The Balaban J connectivity index is 1.21. The van der Waals surface area contributed by atoms with Crippen LogP contribution in [-0.4, -0.2) is 0 Å². The van der Waals surface area contributed by atoms with Crippen molar-refractivity contribution in [3.8, 4) is 33.4 Å². The highest BCUT2D eigenvalue weighted by Crippen LogP contribution is 2.42. The second-order valence-electron chi connectivity index (χ2n) is 11.0. The number of hydrogen-bond donors (Lipinski definition) is 1. The maximum Gasteiger partial charge on any atom is 0.0540 e. The van der Waals surface area contributed by atoms with Gasteiger partial charge in [-0.2, -0.15) is 0 Å². The van der Waals surface area contributed by atoms with Gasteiger partial charge in [-0.25, -0.2) is 0 Å². The van der Waals surface area contributed by atoms with Crippen LogP contribution in [0.5, 0.6) is 0 Å². The van der Waals surface area contributed by atoms with Crippen molar-refractivity contribution in [2.24, 2.45) is 0 Å². The molecule has 0 saturated heterocycles. The van der Waals surface area contributed by atoms with Crippen LogP contribution in [0, 0.1) is 0 Å². The monoisotopic (exact) mass is 582 g/mol. The summed E-state index contributed by atoms with van der Waals surface area (Å²) in [5.74, 6) is 0. The van der Waals surface area contributed by atoms with Crippen molar-refractivity contribution in [1.82, 2.24) is 5.32 Å². The number of fused-ring (bicyclic) bond motifs is 3. The highest BCUT2D eigenvalue weighted by atomic mass is 32.1. The molecule has 0 bridgehead atoms. The lowest BCUT2D eigenvalue weighted by molar-refractivity contribution is 0.878. The molecule has 44 heavy (non-hydrogen) atoms. The molecule has 1 aliphatic heterocycles. The van der Waals surface area contributed by atoms with E-state index in [0.717, 1.165) is 23.6 Å². The van der Waals surface area contributed by atoms with Crippen molar-refractivity contribution in [3.05, 3.63) is 168 Å². The smallest absolute Gasteiger partial charge is 0.0540 e. The first-order chi connectivity index (χ1) is 21.8. The molecule has 2 heterocycles. The highest BCUT2D eigenvalue weighted by molar-refractivity contribution is 7.19. The van der Waals surface area contributed by atoms with Gasteiger partial charge >= 0.3 is 0 Å². The van der Waals surface area contributed by atoms with E-state index in [1.54, 1.807) is 0 Å². The Morgan fingerprint density at radius 1 is 0.523 bits per heavy atom. The predicted octanol–water partition coefficient (Wildman–Crippen LogP) is 11.4. The lowest BCUT2D eigenvalue weighted by atomic mass is 10.00. The van der Waals surface area contributed by atoms with Crippen LogP contribution in [0.2, 0.25) is 0 Å². The molecule has 2 nitrogen and oxygen atoms in total. The van der Waals surface area contributed by atoms with Crippen molar-refractivity contribution >= 4 is 44.6 Å². The third-order valence-electron chi connectivity index (χ3n) is 8.36. The Labute approximate surface area is 262 Å². The van der Waals surface area contributed by atoms with Gasteiger partial charge in [-0.1, -0.05) is 115 Å². The van der Waals surface area contributed by atoms with Crippen molar-refractivity contribution in [2.75, 3.05) is 4.90 Å². The Hall–Kier alpha value is -5.38. The lowest BCUT2D eigenvalue weighted by Gasteiger charge is -2.28. The van der Waals surface area contributed by atoms with Crippen molar-refractivity contribution < 1.29 is 0 Å². The summed E-state index contributed by atoms with van der Waals surface area (Å²) in [6, 6.07) is 54.7. The van der Waals surface area contributed by atoms with Gasteiger partial charge in [0, 0.05) is 38.4 Å². The standard InChI is InChI=1S/C41H30N2S/c1-3-9-29(10-4-1)30-15-20-34(21-16-30)43(39-14-8-7-13-36(39)32-11-5-2-6-12-32)35-22-17-31(18-23-35)33-19-24-37-38-25-26-42-28-41(38)44-40(37)27-33/h1-27,42H,28H2. The van der Waals surface area contributed by atoms with Gasteiger partial charge in [0.15, 0.2) is 0 Å². The number of nitrogens with zero attached hydrogens (tertiary/aromatic N) is 1. The summed E-state index contributed by atoms with van der Waals surface area (Å²) in [5.41, 5.74) is 12.0. The summed E-state index contributed by atoms with van der Waals surface area (Å²) >= 11 is 1.89. The first-order valence-corrected chi connectivity index (χ1v) is 15.8. The van der Waals surface area contributed by atoms with E-state index >= 15 is 0 Å². The second-order valence-corrected chi connectivity index (χ2v) is 12.2. The van der Waals surface area contributed by atoms with Gasteiger partial charge in [0.05, 0.1) is 5.69 Å². The molecule has 0 fully saturated rings. The molecular weight excluding hydrogens is 553 g/mol. The van der Waals surface area contributed by atoms with Crippen LogP contribution in [0.1, 0.15) is 10.4 Å². The number of anilines is 3. The van der Waals surface area contributed by atoms with E-state index < -0.39 is 0 Å². The molecule has 8 rings (SSSR count). The summed E-state index contributed by atoms with van der Waals surface area (Å²) in [5, 5.41) is 4.68. The summed E-state index contributed by atoms with van der Waals surface area (Å²) in [6.45, 7) is 0.905. The topological polar surface area (TPSA) is 15.3 Å². The molecule has 0 saturated carbocycles. The summed E-state index contributed by atoms with van der Waals surface area (Å²) in [7, 11) is 0. The maximum absolute atomic E-state index is 3.34. The van der Waals surface area contributed by atoms with E-state index in [9.17, 15) is 0 Å². The van der Waals surface area contributed by atoms with Crippen LogP contribution >= 0.6 is 11.3 Å². The zero-order valence-corrected chi connectivity index (χ0v) is 25.0. The molecule has 210 valence electrons. The number of nitrogens with one attached hydrogen (secondary N) is 1. The molecule has 0 aliphatic carbocycles. The Morgan fingerprint density at radius 2 is 1.09 bits per heavy atom. The summed E-state index contributed by atoms with van der Waals surface area (Å²) < 4.78 is 1.34. The number of benzene rings is 6. The van der Waals surface area contributed by atoms with Gasteiger partial charge in [-0.05, 0) is 82.1 Å². The Bertz CT molecular complexity index is 2090. The minimum Gasteiger partial charge on any atom is -0.386 e.